The van der Waals surface area contributed by atoms with Gasteiger partial charge in [-0.05, 0) is 19.1 Å². The first-order chi connectivity index (χ1) is 8.34. The SMILES string of the molecule is CC(=CC(=O)C(F)(F)C(F)F)Nc1ccccc1. The van der Waals surface area contributed by atoms with Gasteiger partial charge in [0, 0.05) is 17.5 Å². The number of ketones is 1. The molecule has 18 heavy (non-hydrogen) atoms. The molecule has 1 N–H and O–H groups in total. The van der Waals surface area contributed by atoms with Crippen molar-refractivity contribution in [2.24, 2.45) is 0 Å². The summed E-state index contributed by atoms with van der Waals surface area (Å²) in [6, 6.07) is 8.44. The largest absolute Gasteiger partial charge is 0.368 e. The minimum absolute atomic E-state index is 0.0616. The molecule has 0 aliphatic carbocycles. The van der Waals surface area contributed by atoms with Gasteiger partial charge in [0.05, 0.1) is 0 Å². The first-order valence-corrected chi connectivity index (χ1v) is 5.05. The minimum Gasteiger partial charge on any atom is -0.359 e. The smallest absolute Gasteiger partial charge is 0.359 e. The summed E-state index contributed by atoms with van der Waals surface area (Å²) in [6.45, 7) is 1.34. The zero-order valence-electron chi connectivity index (χ0n) is 9.46. The van der Waals surface area contributed by atoms with Crippen LogP contribution in [0.25, 0.3) is 0 Å². The zero-order chi connectivity index (χ0) is 13.8. The van der Waals surface area contributed by atoms with Crippen molar-refractivity contribution >= 4 is 11.5 Å². The van der Waals surface area contributed by atoms with Gasteiger partial charge in [0.15, 0.2) is 0 Å². The highest BCUT2D eigenvalue weighted by atomic mass is 19.3. The lowest BCUT2D eigenvalue weighted by Gasteiger charge is -2.12. The van der Waals surface area contributed by atoms with Crippen molar-refractivity contribution in [2.45, 2.75) is 19.3 Å². The second-order valence-corrected chi connectivity index (χ2v) is 3.61. The first-order valence-electron chi connectivity index (χ1n) is 5.05. The van der Waals surface area contributed by atoms with E-state index in [0.717, 1.165) is 0 Å². The molecule has 1 rings (SSSR count). The summed E-state index contributed by atoms with van der Waals surface area (Å²) in [5, 5.41) is 2.65. The zero-order valence-corrected chi connectivity index (χ0v) is 9.46. The standard InChI is InChI=1S/C12H11F4NO/c1-8(17-9-5-3-2-4-6-9)7-10(18)12(15,16)11(13)14/h2-7,11,17H,1H3. The van der Waals surface area contributed by atoms with Gasteiger partial charge in [0.25, 0.3) is 0 Å². The molecule has 0 unspecified atom stereocenters. The van der Waals surface area contributed by atoms with E-state index in [-0.39, 0.29) is 5.70 Å². The Morgan fingerprint density at radius 3 is 2.33 bits per heavy atom. The third kappa shape index (κ3) is 3.58. The van der Waals surface area contributed by atoms with Crippen molar-refractivity contribution < 1.29 is 22.4 Å². The fraction of sp³-hybridized carbons (Fsp3) is 0.250. The van der Waals surface area contributed by atoms with Gasteiger partial charge in [-0.1, -0.05) is 18.2 Å². The molecule has 0 radical (unpaired) electrons. The van der Waals surface area contributed by atoms with Gasteiger partial charge in [0.2, 0.25) is 5.78 Å². The predicted molar refractivity (Wildman–Crippen MR) is 59.8 cm³/mol. The van der Waals surface area contributed by atoms with Crippen LogP contribution in [-0.4, -0.2) is 18.1 Å². The van der Waals surface area contributed by atoms with Crippen LogP contribution in [-0.2, 0) is 4.79 Å². The van der Waals surface area contributed by atoms with Gasteiger partial charge in [-0.25, -0.2) is 8.78 Å². The number of halogens is 4. The average molecular weight is 261 g/mol. The normalized spacial score (nSPS) is 12.7. The Morgan fingerprint density at radius 1 is 1.28 bits per heavy atom. The van der Waals surface area contributed by atoms with Crippen molar-refractivity contribution in [1.29, 1.82) is 0 Å². The van der Waals surface area contributed by atoms with Crippen LogP contribution in [0.15, 0.2) is 42.1 Å². The fourth-order valence-corrected chi connectivity index (χ4v) is 1.19. The summed E-state index contributed by atoms with van der Waals surface area (Å²) in [5.74, 6) is -6.57. The second-order valence-electron chi connectivity index (χ2n) is 3.61. The lowest BCUT2D eigenvalue weighted by molar-refractivity contribution is -0.161. The van der Waals surface area contributed by atoms with Crippen LogP contribution in [0.2, 0.25) is 0 Å². The molecule has 2 nitrogen and oxygen atoms in total. The monoisotopic (exact) mass is 261 g/mol. The van der Waals surface area contributed by atoms with E-state index in [4.69, 9.17) is 0 Å². The molecule has 98 valence electrons. The molecular weight excluding hydrogens is 250 g/mol. The molecule has 0 saturated heterocycles. The van der Waals surface area contributed by atoms with Gasteiger partial charge in [0.1, 0.15) is 0 Å². The number of para-hydroxylation sites is 1. The van der Waals surface area contributed by atoms with Gasteiger partial charge in [-0.3, -0.25) is 4.79 Å². The van der Waals surface area contributed by atoms with E-state index in [1.807, 2.05) is 0 Å². The summed E-state index contributed by atoms with van der Waals surface area (Å²) < 4.78 is 49.2. The Labute approximate surface area is 101 Å². The third-order valence-electron chi connectivity index (χ3n) is 2.07. The molecule has 0 aliphatic heterocycles. The number of anilines is 1. The number of hydrogen-bond acceptors (Lipinski definition) is 2. The van der Waals surface area contributed by atoms with Crippen LogP contribution in [0.4, 0.5) is 23.2 Å². The van der Waals surface area contributed by atoms with Crippen molar-refractivity contribution in [3.63, 3.8) is 0 Å². The van der Waals surface area contributed by atoms with Crippen LogP contribution in [0, 0.1) is 0 Å². The molecule has 1 aromatic rings. The quantitative estimate of drug-likeness (QED) is 0.649. The van der Waals surface area contributed by atoms with Gasteiger partial charge in [-0.2, -0.15) is 8.78 Å². The lowest BCUT2D eigenvalue weighted by Crippen LogP contribution is -2.35. The molecule has 0 bridgehead atoms. The number of carbonyl (C=O) groups excluding carboxylic acids is 1. The minimum atomic E-state index is -4.65. The van der Waals surface area contributed by atoms with Crippen LogP contribution in [0.1, 0.15) is 6.92 Å². The number of allylic oxidation sites excluding steroid dienone is 2. The Morgan fingerprint density at radius 2 is 1.83 bits per heavy atom. The molecular formula is C12H11F4NO. The van der Waals surface area contributed by atoms with Gasteiger partial charge >= 0.3 is 12.3 Å². The highest BCUT2D eigenvalue weighted by molar-refractivity contribution is 5.96. The predicted octanol–water partition coefficient (Wildman–Crippen LogP) is 3.47. The van der Waals surface area contributed by atoms with E-state index < -0.39 is 18.1 Å². The van der Waals surface area contributed by atoms with E-state index in [2.05, 4.69) is 5.32 Å². The summed E-state index contributed by atoms with van der Waals surface area (Å²) in [4.78, 5) is 11.0. The summed E-state index contributed by atoms with van der Waals surface area (Å²) >= 11 is 0. The molecule has 0 fully saturated rings. The molecule has 0 aliphatic rings. The summed E-state index contributed by atoms with van der Waals surface area (Å²) in [7, 11) is 0. The molecule has 0 spiro atoms. The maximum Gasteiger partial charge on any atom is 0.368 e. The van der Waals surface area contributed by atoms with E-state index in [0.29, 0.717) is 11.8 Å². The lowest BCUT2D eigenvalue weighted by atomic mass is 10.2. The van der Waals surface area contributed by atoms with Crippen LogP contribution in [0.5, 0.6) is 0 Å². The molecule has 0 atom stereocenters. The second kappa shape index (κ2) is 5.66. The van der Waals surface area contributed by atoms with Crippen molar-refractivity contribution in [3.05, 3.63) is 42.1 Å². The van der Waals surface area contributed by atoms with E-state index in [9.17, 15) is 22.4 Å². The van der Waals surface area contributed by atoms with Crippen molar-refractivity contribution in [3.8, 4) is 0 Å². The fourth-order valence-electron chi connectivity index (χ4n) is 1.19. The van der Waals surface area contributed by atoms with Crippen LogP contribution in [0.3, 0.4) is 0 Å². The molecule has 0 amide bonds. The summed E-state index contributed by atoms with van der Waals surface area (Å²) in [6.07, 6.45) is -3.54. The number of nitrogens with one attached hydrogen (secondary N) is 1. The Balaban J connectivity index is 2.76. The number of carbonyl (C=O) groups is 1. The highest BCUT2D eigenvalue weighted by Gasteiger charge is 2.47. The molecule has 0 heterocycles. The van der Waals surface area contributed by atoms with Crippen LogP contribution < -0.4 is 5.32 Å². The van der Waals surface area contributed by atoms with Crippen LogP contribution >= 0.6 is 0 Å². The number of hydrogen-bond donors (Lipinski definition) is 1. The Bertz CT molecular complexity index is 443. The number of rotatable bonds is 5. The van der Waals surface area contributed by atoms with E-state index >= 15 is 0 Å². The van der Waals surface area contributed by atoms with E-state index in [1.165, 1.54) is 6.92 Å². The van der Waals surface area contributed by atoms with Crippen molar-refractivity contribution in [2.75, 3.05) is 5.32 Å². The molecule has 1 aromatic carbocycles. The number of benzene rings is 1. The topological polar surface area (TPSA) is 29.1 Å². The maximum absolute atomic E-state index is 12.7. The maximum atomic E-state index is 12.7. The van der Waals surface area contributed by atoms with Crippen molar-refractivity contribution in [1.82, 2.24) is 0 Å². The first kappa shape index (κ1) is 14.2. The highest BCUT2D eigenvalue weighted by Crippen LogP contribution is 2.24. The van der Waals surface area contributed by atoms with Gasteiger partial charge in [-0.15, -0.1) is 0 Å². The van der Waals surface area contributed by atoms with Gasteiger partial charge < -0.3 is 5.32 Å². The Kier molecular flexibility index (Phi) is 4.47. The third-order valence-corrected chi connectivity index (χ3v) is 2.07. The number of alkyl halides is 4. The molecule has 0 aromatic heterocycles. The Hall–Kier alpha value is -1.85. The molecule has 6 heteroatoms. The average Bonchev–Trinajstić information content (AvgIpc) is 2.29. The molecule has 0 saturated carbocycles. The van der Waals surface area contributed by atoms with E-state index in [1.54, 1.807) is 30.3 Å². The summed E-state index contributed by atoms with van der Waals surface area (Å²) in [5.41, 5.74) is 0.630.